The summed E-state index contributed by atoms with van der Waals surface area (Å²) in [6.07, 6.45) is 3.02. The van der Waals surface area contributed by atoms with Crippen LogP contribution < -0.4 is 0 Å². The molecule has 1 aliphatic heterocycles. The van der Waals surface area contributed by atoms with E-state index in [9.17, 15) is 4.79 Å². The van der Waals surface area contributed by atoms with Gasteiger partial charge in [-0.15, -0.1) is 0 Å². The van der Waals surface area contributed by atoms with Crippen molar-refractivity contribution in [3.63, 3.8) is 0 Å². The Bertz CT molecular complexity index is 398. The van der Waals surface area contributed by atoms with Crippen LogP contribution in [0.2, 0.25) is 0 Å². The summed E-state index contributed by atoms with van der Waals surface area (Å²) in [5, 5.41) is 9.16. The van der Waals surface area contributed by atoms with Crippen LogP contribution in [-0.4, -0.2) is 49.5 Å². The standard InChI is InChI=1S/C17H31NO4/c1-7-21-16-12(9-8-10-19)13(17(2,3)4)11-14(22-16)15(20)18(5)6/h11-13,16,19H,7-10H2,1-6H3/t12-,13-,16+/m0/s1. The van der Waals surface area contributed by atoms with E-state index in [1.807, 2.05) is 13.0 Å². The van der Waals surface area contributed by atoms with Crippen molar-refractivity contribution in [2.75, 3.05) is 27.3 Å². The van der Waals surface area contributed by atoms with Gasteiger partial charge in [-0.3, -0.25) is 4.79 Å². The first-order chi connectivity index (χ1) is 10.2. The van der Waals surface area contributed by atoms with Gasteiger partial charge in [0.2, 0.25) is 6.29 Å². The predicted molar refractivity (Wildman–Crippen MR) is 86.0 cm³/mol. The number of hydrogen-bond acceptors (Lipinski definition) is 4. The summed E-state index contributed by atoms with van der Waals surface area (Å²) < 4.78 is 11.6. The largest absolute Gasteiger partial charge is 0.459 e. The Morgan fingerprint density at radius 3 is 2.50 bits per heavy atom. The van der Waals surface area contributed by atoms with Crippen molar-refractivity contribution in [3.8, 4) is 0 Å². The fourth-order valence-electron chi connectivity index (χ4n) is 2.91. The summed E-state index contributed by atoms with van der Waals surface area (Å²) in [6, 6.07) is 0. The summed E-state index contributed by atoms with van der Waals surface area (Å²) in [5.74, 6) is 0.511. The number of aliphatic hydroxyl groups is 1. The van der Waals surface area contributed by atoms with E-state index in [1.54, 1.807) is 14.1 Å². The number of carbonyl (C=O) groups excluding carboxylic acids is 1. The first kappa shape index (κ1) is 19.0. The van der Waals surface area contributed by atoms with Crippen LogP contribution in [0.4, 0.5) is 0 Å². The van der Waals surface area contributed by atoms with Crippen LogP contribution in [0.15, 0.2) is 11.8 Å². The summed E-state index contributed by atoms with van der Waals surface area (Å²) in [5.41, 5.74) is -0.0168. The minimum atomic E-state index is -0.440. The predicted octanol–water partition coefficient (Wildman–Crippen LogP) is 2.40. The zero-order valence-corrected chi connectivity index (χ0v) is 14.8. The maximum Gasteiger partial charge on any atom is 0.288 e. The number of hydrogen-bond donors (Lipinski definition) is 1. The highest BCUT2D eigenvalue weighted by Gasteiger charge is 2.42. The zero-order valence-electron chi connectivity index (χ0n) is 14.8. The highest BCUT2D eigenvalue weighted by atomic mass is 16.7. The number of likely N-dealkylation sites (N-methyl/N-ethyl adjacent to an activating group) is 1. The Balaban J connectivity index is 3.14. The third kappa shape index (κ3) is 4.71. The fraction of sp³-hybridized carbons (Fsp3) is 0.824. The lowest BCUT2D eigenvalue weighted by Gasteiger charge is -2.42. The molecule has 0 spiro atoms. The van der Waals surface area contributed by atoms with Crippen molar-refractivity contribution in [2.45, 2.75) is 46.8 Å². The average molecular weight is 313 g/mol. The van der Waals surface area contributed by atoms with Crippen molar-refractivity contribution in [3.05, 3.63) is 11.8 Å². The molecule has 1 aliphatic rings. The maximum atomic E-state index is 12.3. The second-order valence-electron chi connectivity index (χ2n) is 7.09. The molecule has 0 unspecified atom stereocenters. The van der Waals surface area contributed by atoms with Gasteiger partial charge < -0.3 is 19.5 Å². The first-order valence-electron chi connectivity index (χ1n) is 8.05. The number of nitrogens with zero attached hydrogens (tertiary/aromatic N) is 1. The number of aliphatic hydroxyl groups excluding tert-OH is 1. The van der Waals surface area contributed by atoms with Crippen molar-refractivity contribution in [1.29, 1.82) is 0 Å². The van der Waals surface area contributed by atoms with Gasteiger partial charge in [-0.05, 0) is 37.2 Å². The molecule has 0 aromatic rings. The molecule has 0 aromatic carbocycles. The van der Waals surface area contributed by atoms with E-state index in [-0.39, 0.29) is 29.8 Å². The lowest BCUT2D eigenvalue weighted by molar-refractivity contribution is -0.181. The van der Waals surface area contributed by atoms with E-state index < -0.39 is 6.29 Å². The van der Waals surface area contributed by atoms with E-state index in [1.165, 1.54) is 4.90 Å². The van der Waals surface area contributed by atoms with E-state index in [4.69, 9.17) is 14.6 Å². The molecule has 1 amide bonds. The molecule has 128 valence electrons. The average Bonchev–Trinajstić information content (AvgIpc) is 2.43. The van der Waals surface area contributed by atoms with Crippen LogP contribution in [0.3, 0.4) is 0 Å². The van der Waals surface area contributed by atoms with E-state index in [0.717, 1.165) is 6.42 Å². The molecule has 1 heterocycles. The highest BCUT2D eigenvalue weighted by Crippen LogP contribution is 2.42. The summed E-state index contributed by atoms with van der Waals surface area (Å²) in [4.78, 5) is 13.8. The Morgan fingerprint density at radius 1 is 1.41 bits per heavy atom. The number of rotatable bonds is 6. The molecule has 22 heavy (non-hydrogen) atoms. The van der Waals surface area contributed by atoms with Gasteiger partial charge >= 0.3 is 0 Å². The van der Waals surface area contributed by atoms with Crippen LogP contribution in [0.5, 0.6) is 0 Å². The molecular formula is C17H31NO4. The molecule has 0 bridgehead atoms. The monoisotopic (exact) mass is 313 g/mol. The molecule has 0 saturated carbocycles. The molecule has 5 heteroatoms. The molecule has 0 aliphatic carbocycles. The molecule has 1 rings (SSSR count). The van der Waals surface area contributed by atoms with Crippen molar-refractivity contribution in [1.82, 2.24) is 4.90 Å². The fourth-order valence-corrected chi connectivity index (χ4v) is 2.91. The Hall–Kier alpha value is -1.07. The number of carbonyl (C=O) groups is 1. The second kappa shape index (κ2) is 7.97. The van der Waals surface area contributed by atoms with Crippen LogP contribution >= 0.6 is 0 Å². The summed E-state index contributed by atoms with van der Waals surface area (Å²) >= 11 is 0. The topological polar surface area (TPSA) is 59.0 Å². The molecule has 5 nitrogen and oxygen atoms in total. The molecular weight excluding hydrogens is 282 g/mol. The van der Waals surface area contributed by atoms with Crippen LogP contribution in [0.1, 0.15) is 40.5 Å². The Kier molecular flexibility index (Phi) is 6.88. The van der Waals surface area contributed by atoms with Gasteiger partial charge in [-0.2, -0.15) is 0 Å². The van der Waals surface area contributed by atoms with Gasteiger partial charge in [-0.25, -0.2) is 0 Å². The van der Waals surface area contributed by atoms with Crippen LogP contribution in [-0.2, 0) is 14.3 Å². The van der Waals surface area contributed by atoms with Gasteiger partial charge in [0.05, 0.1) is 0 Å². The number of amides is 1. The van der Waals surface area contributed by atoms with E-state index in [0.29, 0.717) is 18.8 Å². The SMILES string of the molecule is CCO[C@@H]1OC(C(=O)N(C)C)=C[C@H](C(C)(C)C)[C@@H]1CCCO. The zero-order chi connectivity index (χ0) is 16.9. The Morgan fingerprint density at radius 2 is 2.05 bits per heavy atom. The lowest BCUT2D eigenvalue weighted by Crippen LogP contribution is -2.43. The van der Waals surface area contributed by atoms with E-state index in [2.05, 4.69) is 20.8 Å². The van der Waals surface area contributed by atoms with Gasteiger partial charge in [-0.1, -0.05) is 20.8 Å². The van der Waals surface area contributed by atoms with Crippen molar-refractivity contribution < 1.29 is 19.4 Å². The summed E-state index contributed by atoms with van der Waals surface area (Å²) in [6.45, 7) is 9.08. The van der Waals surface area contributed by atoms with Crippen LogP contribution in [0.25, 0.3) is 0 Å². The van der Waals surface area contributed by atoms with Gasteiger partial charge in [0.15, 0.2) is 5.76 Å². The molecule has 0 fully saturated rings. The number of allylic oxidation sites excluding steroid dienone is 1. The van der Waals surface area contributed by atoms with Crippen LogP contribution in [0, 0.1) is 17.3 Å². The van der Waals surface area contributed by atoms with Crippen molar-refractivity contribution in [2.24, 2.45) is 17.3 Å². The highest BCUT2D eigenvalue weighted by molar-refractivity contribution is 5.91. The Labute approximate surface area is 134 Å². The minimum absolute atomic E-state index is 0.0168. The first-order valence-corrected chi connectivity index (χ1v) is 8.05. The maximum absolute atomic E-state index is 12.3. The molecule has 0 radical (unpaired) electrons. The van der Waals surface area contributed by atoms with Gasteiger partial charge in [0, 0.05) is 33.2 Å². The van der Waals surface area contributed by atoms with Gasteiger partial charge in [0.25, 0.3) is 5.91 Å². The second-order valence-corrected chi connectivity index (χ2v) is 7.09. The third-order valence-electron chi connectivity index (χ3n) is 4.03. The molecule has 0 saturated heterocycles. The molecule has 3 atom stereocenters. The quantitative estimate of drug-likeness (QED) is 0.818. The van der Waals surface area contributed by atoms with Crippen molar-refractivity contribution >= 4 is 5.91 Å². The molecule has 1 N–H and O–H groups in total. The molecule has 0 aromatic heterocycles. The summed E-state index contributed by atoms with van der Waals surface area (Å²) in [7, 11) is 3.43. The third-order valence-corrected chi connectivity index (χ3v) is 4.03. The lowest BCUT2D eigenvalue weighted by atomic mass is 9.70. The minimum Gasteiger partial charge on any atom is -0.459 e. The smallest absolute Gasteiger partial charge is 0.288 e. The number of ether oxygens (including phenoxy) is 2. The van der Waals surface area contributed by atoms with E-state index >= 15 is 0 Å². The van der Waals surface area contributed by atoms with Gasteiger partial charge in [0.1, 0.15) is 0 Å². The normalized spacial score (nSPS) is 25.4.